The predicted octanol–water partition coefficient (Wildman–Crippen LogP) is 1.02. The number of rotatable bonds is 5. The lowest BCUT2D eigenvalue weighted by molar-refractivity contribution is 0.581. The number of nitrogens with two attached hydrogens (primary N) is 1. The molecule has 0 atom stereocenters. The minimum absolute atomic E-state index is 0.157. The van der Waals surface area contributed by atoms with E-state index in [9.17, 15) is 8.42 Å². The molecule has 19 heavy (non-hydrogen) atoms. The molecule has 3 N–H and O–H groups in total. The number of sulfonamides is 1. The molecule has 1 aromatic heterocycles. The molecule has 1 aromatic carbocycles. The van der Waals surface area contributed by atoms with Gasteiger partial charge in [0.25, 0.3) is 0 Å². The summed E-state index contributed by atoms with van der Waals surface area (Å²) < 4.78 is 26.5. The number of benzene rings is 1. The summed E-state index contributed by atoms with van der Waals surface area (Å²) in [6, 6.07) is 10.6. The van der Waals surface area contributed by atoms with Crippen LogP contribution in [-0.2, 0) is 23.1 Å². The lowest BCUT2D eigenvalue weighted by Gasteiger charge is -2.07. The van der Waals surface area contributed by atoms with Crippen LogP contribution in [0.25, 0.3) is 0 Å². The molecule has 0 fully saturated rings. The van der Waals surface area contributed by atoms with E-state index >= 15 is 0 Å². The Labute approximate surface area is 112 Å². The van der Waals surface area contributed by atoms with Crippen LogP contribution in [-0.4, -0.2) is 13.4 Å². The Kier molecular flexibility index (Phi) is 4.26. The van der Waals surface area contributed by atoms with Crippen molar-refractivity contribution in [1.29, 1.82) is 0 Å². The van der Waals surface area contributed by atoms with Crippen LogP contribution in [0.15, 0.2) is 53.7 Å². The van der Waals surface area contributed by atoms with Gasteiger partial charge in [-0.2, -0.15) is 0 Å². The quantitative estimate of drug-likeness (QED) is 0.854. The minimum atomic E-state index is -3.52. The van der Waals surface area contributed by atoms with Crippen molar-refractivity contribution in [3.8, 4) is 0 Å². The number of nitrogens with zero attached hydrogens (tertiary/aromatic N) is 1. The average molecular weight is 277 g/mol. The number of nitrogens with one attached hydrogen (secondary N) is 1. The first-order chi connectivity index (χ1) is 9.12. The number of aromatic nitrogens is 1. The molecule has 0 bridgehead atoms. The normalized spacial score (nSPS) is 11.4. The van der Waals surface area contributed by atoms with Crippen LogP contribution in [0.2, 0.25) is 0 Å². The van der Waals surface area contributed by atoms with E-state index < -0.39 is 10.0 Å². The van der Waals surface area contributed by atoms with Crippen molar-refractivity contribution < 1.29 is 8.42 Å². The van der Waals surface area contributed by atoms with Crippen LogP contribution in [0, 0.1) is 0 Å². The van der Waals surface area contributed by atoms with E-state index in [2.05, 4.69) is 9.71 Å². The molecule has 5 nitrogen and oxygen atoms in total. The highest BCUT2D eigenvalue weighted by Gasteiger charge is 2.13. The molecule has 0 amide bonds. The van der Waals surface area contributed by atoms with Gasteiger partial charge in [0.2, 0.25) is 10.0 Å². The van der Waals surface area contributed by atoms with Gasteiger partial charge in [0.05, 0.1) is 0 Å². The summed E-state index contributed by atoms with van der Waals surface area (Å²) in [5.41, 5.74) is 7.39. The molecule has 2 rings (SSSR count). The maximum absolute atomic E-state index is 12.0. The average Bonchev–Trinajstić information content (AvgIpc) is 2.46. The Morgan fingerprint density at radius 1 is 1.16 bits per heavy atom. The van der Waals surface area contributed by atoms with Crippen molar-refractivity contribution in [2.75, 3.05) is 0 Å². The summed E-state index contributed by atoms with van der Waals surface area (Å²) in [6.45, 7) is 0.661. The van der Waals surface area contributed by atoms with Gasteiger partial charge in [0.15, 0.2) is 0 Å². The smallest absolute Gasteiger partial charge is 0.242 e. The van der Waals surface area contributed by atoms with Crippen molar-refractivity contribution >= 4 is 10.0 Å². The summed E-state index contributed by atoms with van der Waals surface area (Å²) in [5, 5.41) is 0. The van der Waals surface area contributed by atoms with Crippen LogP contribution in [0.5, 0.6) is 0 Å². The maximum Gasteiger partial charge on any atom is 0.242 e. The molecule has 0 radical (unpaired) electrons. The third-order valence-corrected chi connectivity index (χ3v) is 4.02. The van der Waals surface area contributed by atoms with Crippen LogP contribution in [0.4, 0.5) is 0 Å². The summed E-state index contributed by atoms with van der Waals surface area (Å²) >= 11 is 0. The lowest BCUT2D eigenvalue weighted by Crippen LogP contribution is -2.23. The van der Waals surface area contributed by atoms with Crippen molar-refractivity contribution in [2.24, 2.45) is 5.73 Å². The topological polar surface area (TPSA) is 85.1 Å². The second kappa shape index (κ2) is 5.92. The lowest BCUT2D eigenvalue weighted by atomic mass is 10.1. The second-order valence-electron chi connectivity index (χ2n) is 4.04. The molecule has 0 aliphatic rings. The zero-order valence-electron chi connectivity index (χ0n) is 10.3. The Bertz CT molecular complexity index is 642. The highest BCUT2D eigenvalue weighted by Crippen LogP contribution is 2.08. The first-order valence-electron chi connectivity index (χ1n) is 5.79. The van der Waals surface area contributed by atoms with E-state index in [4.69, 9.17) is 5.73 Å². The summed E-state index contributed by atoms with van der Waals surface area (Å²) in [4.78, 5) is 3.96. The Hall–Kier alpha value is -1.76. The van der Waals surface area contributed by atoms with Crippen LogP contribution in [0.1, 0.15) is 11.1 Å². The zero-order valence-corrected chi connectivity index (χ0v) is 11.1. The van der Waals surface area contributed by atoms with Gasteiger partial charge in [-0.3, -0.25) is 4.98 Å². The predicted molar refractivity (Wildman–Crippen MR) is 72.6 cm³/mol. The molecule has 0 unspecified atom stereocenters. The molecule has 0 aliphatic heterocycles. The third kappa shape index (κ3) is 3.60. The molecule has 100 valence electrons. The van der Waals surface area contributed by atoms with Gasteiger partial charge >= 0.3 is 0 Å². The standard InChI is InChI=1S/C13H15N3O2S/c14-8-11-3-1-4-12(7-11)9-16-19(17,18)13-5-2-6-15-10-13/h1-7,10,16H,8-9,14H2. The minimum Gasteiger partial charge on any atom is -0.326 e. The number of hydrogen-bond donors (Lipinski definition) is 2. The zero-order chi connectivity index (χ0) is 13.7. The van der Waals surface area contributed by atoms with Gasteiger partial charge in [-0.1, -0.05) is 24.3 Å². The molecule has 0 saturated heterocycles. The van der Waals surface area contributed by atoms with Gasteiger partial charge in [0.1, 0.15) is 4.90 Å². The first-order valence-corrected chi connectivity index (χ1v) is 7.28. The van der Waals surface area contributed by atoms with E-state index in [0.29, 0.717) is 6.54 Å². The van der Waals surface area contributed by atoms with Crippen molar-refractivity contribution in [2.45, 2.75) is 18.0 Å². The summed E-state index contributed by atoms with van der Waals surface area (Å²) in [6.07, 6.45) is 2.85. The van der Waals surface area contributed by atoms with Crippen LogP contribution < -0.4 is 10.5 Å². The van der Waals surface area contributed by atoms with E-state index in [1.165, 1.54) is 18.5 Å². The van der Waals surface area contributed by atoms with Gasteiger partial charge in [-0.15, -0.1) is 0 Å². The van der Waals surface area contributed by atoms with Crippen LogP contribution >= 0.6 is 0 Å². The molecular weight excluding hydrogens is 262 g/mol. The Morgan fingerprint density at radius 2 is 1.95 bits per heavy atom. The molecule has 1 heterocycles. The summed E-state index contributed by atoms with van der Waals surface area (Å²) in [7, 11) is -3.52. The first kappa shape index (κ1) is 13.7. The van der Waals surface area contributed by atoms with E-state index in [1.54, 1.807) is 6.07 Å². The van der Waals surface area contributed by atoms with Crippen LogP contribution in [0.3, 0.4) is 0 Å². The molecule has 6 heteroatoms. The third-order valence-electron chi connectivity index (χ3n) is 2.64. The summed E-state index contributed by atoms with van der Waals surface area (Å²) in [5.74, 6) is 0. The molecule has 0 saturated carbocycles. The van der Waals surface area contributed by atoms with Crippen molar-refractivity contribution in [3.05, 3.63) is 59.9 Å². The largest absolute Gasteiger partial charge is 0.326 e. The molecular formula is C13H15N3O2S. The van der Waals surface area contributed by atoms with E-state index in [0.717, 1.165) is 11.1 Å². The fraction of sp³-hybridized carbons (Fsp3) is 0.154. The van der Waals surface area contributed by atoms with Gasteiger partial charge in [0, 0.05) is 25.5 Å². The number of hydrogen-bond acceptors (Lipinski definition) is 4. The van der Waals surface area contributed by atoms with Gasteiger partial charge in [-0.05, 0) is 23.3 Å². The fourth-order valence-corrected chi connectivity index (χ4v) is 2.62. The molecule has 0 spiro atoms. The Balaban J connectivity index is 2.10. The van der Waals surface area contributed by atoms with E-state index in [1.807, 2.05) is 24.3 Å². The number of pyridine rings is 1. The maximum atomic E-state index is 12.0. The Morgan fingerprint density at radius 3 is 2.63 bits per heavy atom. The highest BCUT2D eigenvalue weighted by atomic mass is 32.2. The van der Waals surface area contributed by atoms with Gasteiger partial charge in [-0.25, -0.2) is 13.1 Å². The van der Waals surface area contributed by atoms with E-state index in [-0.39, 0.29) is 11.4 Å². The fourth-order valence-electron chi connectivity index (χ4n) is 1.63. The molecule has 2 aromatic rings. The van der Waals surface area contributed by atoms with Crippen molar-refractivity contribution in [3.63, 3.8) is 0 Å². The van der Waals surface area contributed by atoms with Gasteiger partial charge < -0.3 is 5.73 Å². The molecule has 0 aliphatic carbocycles. The highest BCUT2D eigenvalue weighted by molar-refractivity contribution is 7.89. The SMILES string of the molecule is NCc1cccc(CNS(=O)(=O)c2cccnc2)c1. The monoisotopic (exact) mass is 277 g/mol. The second-order valence-corrected chi connectivity index (χ2v) is 5.80. The van der Waals surface area contributed by atoms with Crippen molar-refractivity contribution in [1.82, 2.24) is 9.71 Å².